The Morgan fingerprint density at radius 1 is 1.29 bits per heavy atom. The summed E-state index contributed by atoms with van der Waals surface area (Å²) >= 11 is 0. The second kappa shape index (κ2) is 4.30. The van der Waals surface area contributed by atoms with Gasteiger partial charge in [0.25, 0.3) is 0 Å². The van der Waals surface area contributed by atoms with Gasteiger partial charge < -0.3 is 9.84 Å². The Hall–Kier alpha value is -0.570. The van der Waals surface area contributed by atoms with Crippen molar-refractivity contribution in [3.05, 3.63) is 0 Å². The molecule has 1 saturated carbocycles. The quantitative estimate of drug-likeness (QED) is 0.657. The van der Waals surface area contributed by atoms with Gasteiger partial charge >= 0.3 is 5.97 Å². The first kappa shape index (κ1) is 11.5. The van der Waals surface area contributed by atoms with Gasteiger partial charge in [-0.2, -0.15) is 0 Å². The van der Waals surface area contributed by atoms with Crippen LogP contribution in [-0.4, -0.2) is 22.8 Å². The Morgan fingerprint density at radius 3 is 2.36 bits per heavy atom. The molecule has 1 aliphatic carbocycles. The van der Waals surface area contributed by atoms with E-state index in [-0.39, 0.29) is 11.9 Å². The van der Waals surface area contributed by atoms with Gasteiger partial charge in [-0.05, 0) is 33.6 Å². The van der Waals surface area contributed by atoms with Crippen molar-refractivity contribution in [3.8, 4) is 0 Å². The molecule has 0 aliphatic heterocycles. The summed E-state index contributed by atoms with van der Waals surface area (Å²) in [5.41, 5.74) is -0.450. The van der Waals surface area contributed by atoms with Crippen molar-refractivity contribution in [1.82, 2.24) is 0 Å². The first-order valence-corrected chi connectivity index (χ1v) is 5.31. The van der Waals surface area contributed by atoms with Crippen molar-refractivity contribution < 1.29 is 14.6 Å². The van der Waals surface area contributed by atoms with E-state index in [9.17, 15) is 9.90 Å². The van der Waals surface area contributed by atoms with Gasteiger partial charge in [0.1, 0.15) is 5.60 Å². The van der Waals surface area contributed by atoms with Crippen LogP contribution in [0.25, 0.3) is 0 Å². The van der Waals surface area contributed by atoms with Crippen LogP contribution < -0.4 is 0 Å². The third-order valence-corrected chi connectivity index (χ3v) is 2.44. The summed E-state index contributed by atoms with van der Waals surface area (Å²) in [4.78, 5) is 11.6. The third-order valence-electron chi connectivity index (χ3n) is 2.44. The van der Waals surface area contributed by atoms with Crippen molar-refractivity contribution in [2.45, 2.75) is 58.2 Å². The van der Waals surface area contributed by atoms with E-state index in [0.29, 0.717) is 0 Å². The molecule has 0 heterocycles. The largest absolute Gasteiger partial charge is 0.460 e. The van der Waals surface area contributed by atoms with E-state index < -0.39 is 11.7 Å². The van der Waals surface area contributed by atoms with Gasteiger partial charge in [-0.25, -0.2) is 0 Å². The number of ether oxygens (including phenoxy) is 1. The van der Waals surface area contributed by atoms with E-state index in [4.69, 9.17) is 4.74 Å². The summed E-state index contributed by atoms with van der Waals surface area (Å²) in [6.45, 7) is 5.54. The Balaban J connectivity index is 2.50. The summed E-state index contributed by atoms with van der Waals surface area (Å²) in [6, 6.07) is 0. The molecule has 1 fully saturated rings. The molecular weight excluding hydrogens is 180 g/mol. The molecule has 1 N–H and O–H groups in total. The highest BCUT2D eigenvalue weighted by Crippen LogP contribution is 2.26. The number of rotatable bonds is 1. The van der Waals surface area contributed by atoms with Crippen LogP contribution >= 0.6 is 0 Å². The summed E-state index contributed by atoms with van der Waals surface area (Å²) in [7, 11) is 0. The minimum Gasteiger partial charge on any atom is -0.460 e. The highest BCUT2D eigenvalue weighted by molar-refractivity contribution is 5.73. The monoisotopic (exact) mass is 200 g/mol. The summed E-state index contributed by atoms with van der Waals surface area (Å²) in [6.07, 6.45) is 3.01. The standard InChI is InChI=1S/C11H20O3/c1-11(2,3)14-10(13)8-6-4-5-7-9(8)12/h8-9,12H,4-7H2,1-3H3. The van der Waals surface area contributed by atoms with E-state index in [0.717, 1.165) is 25.7 Å². The minimum absolute atomic E-state index is 0.246. The van der Waals surface area contributed by atoms with Crippen LogP contribution in [0, 0.1) is 5.92 Å². The molecule has 1 aliphatic rings. The van der Waals surface area contributed by atoms with Crippen LogP contribution in [0.4, 0.5) is 0 Å². The lowest BCUT2D eigenvalue weighted by molar-refractivity contribution is -0.165. The van der Waals surface area contributed by atoms with Crippen LogP contribution in [0.2, 0.25) is 0 Å². The van der Waals surface area contributed by atoms with Crippen LogP contribution in [-0.2, 0) is 9.53 Å². The van der Waals surface area contributed by atoms with Gasteiger partial charge in [0.15, 0.2) is 0 Å². The van der Waals surface area contributed by atoms with Gasteiger partial charge in [-0.15, -0.1) is 0 Å². The predicted octanol–water partition coefficient (Wildman–Crippen LogP) is 1.88. The molecule has 2 atom stereocenters. The molecule has 14 heavy (non-hydrogen) atoms. The number of aliphatic hydroxyl groups excluding tert-OH is 1. The van der Waals surface area contributed by atoms with Crippen molar-refractivity contribution in [3.63, 3.8) is 0 Å². The van der Waals surface area contributed by atoms with E-state index in [1.54, 1.807) is 0 Å². The fourth-order valence-corrected chi connectivity index (χ4v) is 1.76. The second-order valence-electron chi connectivity index (χ2n) is 4.99. The van der Waals surface area contributed by atoms with Crippen molar-refractivity contribution in [2.75, 3.05) is 0 Å². The Labute approximate surface area is 85.5 Å². The molecule has 0 saturated heterocycles. The zero-order chi connectivity index (χ0) is 10.8. The topological polar surface area (TPSA) is 46.5 Å². The highest BCUT2D eigenvalue weighted by Gasteiger charge is 2.32. The van der Waals surface area contributed by atoms with E-state index in [2.05, 4.69) is 0 Å². The predicted molar refractivity (Wildman–Crippen MR) is 53.8 cm³/mol. The van der Waals surface area contributed by atoms with Crippen LogP contribution in [0.15, 0.2) is 0 Å². The lowest BCUT2D eigenvalue weighted by atomic mass is 9.86. The van der Waals surface area contributed by atoms with Crippen LogP contribution in [0.3, 0.4) is 0 Å². The molecule has 0 spiro atoms. The molecule has 2 unspecified atom stereocenters. The maximum atomic E-state index is 11.6. The van der Waals surface area contributed by atoms with Gasteiger partial charge in [0.2, 0.25) is 0 Å². The van der Waals surface area contributed by atoms with Crippen LogP contribution in [0.5, 0.6) is 0 Å². The fourth-order valence-electron chi connectivity index (χ4n) is 1.76. The van der Waals surface area contributed by atoms with Gasteiger partial charge in [-0.1, -0.05) is 12.8 Å². The Bertz CT molecular complexity index is 205. The van der Waals surface area contributed by atoms with Crippen molar-refractivity contribution in [2.24, 2.45) is 5.92 Å². The average Bonchev–Trinajstić information content (AvgIpc) is 2.01. The lowest BCUT2D eigenvalue weighted by Crippen LogP contribution is -2.36. The SMILES string of the molecule is CC(C)(C)OC(=O)C1CCCCC1O. The lowest BCUT2D eigenvalue weighted by Gasteiger charge is -2.29. The molecule has 3 nitrogen and oxygen atoms in total. The summed E-state index contributed by atoms with van der Waals surface area (Å²) < 4.78 is 5.25. The zero-order valence-electron chi connectivity index (χ0n) is 9.25. The molecule has 0 bridgehead atoms. The van der Waals surface area contributed by atoms with E-state index in [1.807, 2.05) is 20.8 Å². The number of aliphatic hydroxyl groups is 1. The number of hydrogen-bond acceptors (Lipinski definition) is 3. The molecule has 3 heteroatoms. The fraction of sp³-hybridized carbons (Fsp3) is 0.909. The minimum atomic E-state index is -0.501. The van der Waals surface area contributed by atoms with E-state index >= 15 is 0 Å². The zero-order valence-corrected chi connectivity index (χ0v) is 9.25. The van der Waals surface area contributed by atoms with E-state index in [1.165, 1.54) is 0 Å². The number of carbonyl (C=O) groups excluding carboxylic acids is 1. The smallest absolute Gasteiger partial charge is 0.312 e. The summed E-state index contributed by atoms with van der Waals surface area (Å²) in [5.74, 6) is -0.548. The molecule has 82 valence electrons. The first-order valence-electron chi connectivity index (χ1n) is 5.31. The molecule has 0 aromatic carbocycles. The van der Waals surface area contributed by atoms with Gasteiger partial charge in [0, 0.05) is 0 Å². The normalized spacial score (nSPS) is 28.6. The molecule has 0 aromatic heterocycles. The average molecular weight is 200 g/mol. The number of hydrogen-bond donors (Lipinski definition) is 1. The maximum absolute atomic E-state index is 11.6. The molecule has 0 radical (unpaired) electrons. The maximum Gasteiger partial charge on any atom is 0.312 e. The van der Waals surface area contributed by atoms with Gasteiger partial charge in [0.05, 0.1) is 12.0 Å². The molecular formula is C11H20O3. The molecule has 1 rings (SSSR count). The second-order valence-corrected chi connectivity index (χ2v) is 4.99. The molecule has 0 aromatic rings. The number of carbonyl (C=O) groups is 1. The van der Waals surface area contributed by atoms with Crippen LogP contribution in [0.1, 0.15) is 46.5 Å². The Morgan fingerprint density at radius 2 is 1.86 bits per heavy atom. The van der Waals surface area contributed by atoms with Crippen molar-refractivity contribution in [1.29, 1.82) is 0 Å². The third kappa shape index (κ3) is 3.29. The number of esters is 1. The highest BCUT2D eigenvalue weighted by atomic mass is 16.6. The van der Waals surface area contributed by atoms with Crippen molar-refractivity contribution >= 4 is 5.97 Å². The molecule has 0 amide bonds. The Kier molecular flexibility index (Phi) is 3.53. The first-order chi connectivity index (χ1) is 6.40. The van der Waals surface area contributed by atoms with Gasteiger partial charge in [-0.3, -0.25) is 4.79 Å². The summed E-state index contributed by atoms with van der Waals surface area (Å²) in [5, 5.41) is 9.64.